The van der Waals surface area contributed by atoms with Gasteiger partial charge in [-0.3, -0.25) is 0 Å². The number of benzene rings is 1. The molecule has 1 aromatic carbocycles. The standard InChI is InChI=1S/C6H4BrFN.3CH3.Sn/c7-4-1-5(8)3-6(9)2-4;;;;/h1,3H,9H2;3*1H3;. The van der Waals surface area contributed by atoms with Crippen molar-refractivity contribution in [1.82, 2.24) is 0 Å². The summed E-state index contributed by atoms with van der Waals surface area (Å²) in [5.74, 6) is -0.274. The van der Waals surface area contributed by atoms with E-state index in [9.17, 15) is 4.39 Å². The Hall–Kier alpha value is 0.229. The Balaban J connectivity index is 3.38. The topological polar surface area (TPSA) is 26.0 Å². The van der Waals surface area contributed by atoms with Crippen molar-refractivity contribution in [2.45, 2.75) is 14.8 Å². The van der Waals surface area contributed by atoms with Gasteiger partial charge >= 0.3 is 90.9 Å². The summed E-state index contributed by atoms with van der Waals surface area (Å²) in [7, 11) is 0. The number of nitrogen functional groups attached to an aromatic ring is 1. The molecule has 0 atom stereocenters. The number of halogens is 2. The molecule has 0 unspecified atom stereocenters. The number of anilines is 1. The third-order valence-electron chi connectivity index (χ3n) is 1.84. The van der Waals surface area contributed by atoms with E-state index < -0.39 is 18.4 Å². The van der Waals surface area contributed by atoms with Crippen LogP contribution in [0.15, 0.2) is 16.6 Å². The minimum atomic E-state index is -2.21. The van der Waals surface area contributed by atoms with Crippen molar-refractivity contribution in [3.05, 3.63) is 22.4 Å². The predicted octanol–water partition coefficient (Wildman–Crippen LogP) is 2.72. The van der Waals surface area contributed by atoms with E-state index in [1.165, 1.54) is 12.1 Å². The van der Waals surface area contributed by atoms with Crippen LogP contribution in [0, 0.1) is 5.82 Å². The van der Waals surface area contributed by atoms with Crippen LogP contribution in [0.1, 0.15) is 0 Å². The molecule has 0 aromatic heterocycles. The van der Waals surface area contributed by atoms with Crippen LogP contribution in [0.4, 0.5) is 10.1 Å². The summed E-state index contributed by atoms with van der Waals surface area (Å²) in [4.78, 5) is 6.76. The van der Waals surface area contributed by atoms with Crippen molar-refractivity contribution in [2.24, 2.45) is 0 Å². The van der Waals surface area contributed by atoms with E-state index in [0.717, 1.165) is 8.05 Å². The number of rotatable bonds is 1. The molecule has 13 heavy (non-hydrogen) atoms. The number of hydrogen-bond donors (Lipinski definition) is 1. The summed E-state index contributed by atoms with van der Waals surface area (Å²) < 4.78 is 14.9. The van der Waals surface area contributed by atoms with Crippen LogP contribution >= 0.6 is 15.9 Å². The van der Waals surface area contributed by atoms with Crippen LogP contribution in [0.3, 0.4) is 0 Å². The number of nitrogens with two attached hydrogens (primary N) is 1. The monoisotopic (exact) mass is 353 g/mol. The second-order valence-corrected chi connectivity index (χ2v) is 19.2. The van der Waals surface area contributed by atoms with Gasteiger partial charge in [0, 0.05) is 0 Å². The van der Waals surface area contributed by atoms with Gasteiger partial charge in [-0.15, -0.1) is 0 Å². The van der Waals surface area contributed by atoms with Gasteiger partial charge in [0.1, 0.15) is 0 Å². The Bertz CT molecular complexity index is 310. The van der Waals surface area contributed by atoms with Gasteiger partial charge in [0.15, 0.2) is 0 Å². The Kier molecular flexibility index (Phi) is 3.28. The summed E-state index contributed by atoms with van der Waals surface area (Å²) in [5, 5.41) is 0. The minimum absolute atomic E-state index is 0.274. The molecule has 4 heteroatoms. The predicted molar refractivity (Wildman–Crippen MR) is 61.5 cm³/mol. The van der Waals surface area contributed by atoms with E-state index in [1.807, 2.05) is 0 Å². The van der Waals surface area contributed by atoms with Gasteiger partial charge in [0.2, 0.25) is 0 Å². The Labute approximate surface area is 90.5 Å². The third kappa shape index (κ3) is 2.59. The maximum atomic E-state index is 12.9. The molecule has 1 nitrogen and oxygen atoms in total. The summed E-state index contributed by atoms with van der Waals surface area (Å²) in [6.07, 6.45) is 0. The van der Waals surface area contributed by atoms with Crippen molar-refractivity contribution in [2.75, 3.05) is 5.73 Å². The first kappa shape index (κ1) is 11.3. The van der Waals surface area contributed by atoms with Crippen molar-refractivity contribution in [3.63, 3.8) is 0 Å². The second kappa shape index (κ2) is 3.77. The molecule has 0 bridgehead atoms. The fourth-order valence-electron chi connectivity index (χ4n) is 1.38. The zero-order chi connectivity index (χ0) is 10.2. The molecule has 2 N–H and O–H groups in total. The van der Waals surface area contributed by atoms with Crippen LogP contribution < -0.4 is 9.31 Å². The molecule has 72 valence electrons. The first-order valence-electron chi connectivity index (χ1n) is 4.07. The second-order valence-electron chi connectivity index (χ2n) is 4.10. The molecule has 0 aliphatic heterocycles. The molecular formula is C9H13BrFNSn. The van der Waals surface area contributed by atoms with Crippen molar-refractivity contribution in [1.29, 1.82) is 0 Å². The van der Waals surface area contributed by atoms with Crippen LogP contribution in [0.5, 0.6) is 0 Å². The molecule has 0 aliphatic carbocycles. The molecule has 0 fully saturated rings. The van der Waals surface area contributed by atoms with E-state index in [-0.39, 0.29) is 5.82 Å². The fraction of sp³-hybridized carbons (Fsp3) is 0.333. The maximum absolute atomic E-state index is 12.9. The normalized spacial score (nSPS) is 11.8. The summed E-state index contributed by atoms with van der Waals surface area (Å²) in [6, 6.07) is 2.90. The molecule has 0 saturated carbocycles. The third-order valence-corrected chi connectivity index (χ3v) is 9.38. The molecule has 0 radical (unpaired) electrons. The first-order valence-corrected chi connectivity index (χ1v) is 14.9. The van der Waals surface area contributed by atoms with Crippen LogP contribution in [0.25, 0.3) is 0 Å². The van der Waals surface area contributed by atoms with E-state index in [1.54, 1.807) is 0 Å². The quantitative estimate of drug-likeness (QED) is 0.610. The van der Waals surface area contributed by atoms with Gasteiger partial charge in [-0.2, -0.15) is 0 Å². The van der Waals surface area contributed by atoms with Gasteiger partial charge < -0.3 is 0 Å². The first-order chi connectivity index (χ1) is 5.82. The molecule has 0 heterocycles. The van der Waals surface area contributed by atoms with Gasteiger partial charge in [0.25, 0.3) is 0 Å². The van der Waals surface area contributed by atoms with Gasteiger partial charge in [0.05, 0.1) is 0 Å². The summed E-state index contributed by atoms with van der Waals surface area (Å²) >= 11 is 1.16. The molecule has 0 spiro atoms. The van der Waals surface area contributed by atoms with E-state index in [2.05, 4.69) is 30.7 Å². The molecular weight excluding hydrogens is 340 g/mol. The zero-order valence-corrected chi connectivity index (χ0v) is 12.4. The zero-order valence-electron chi connectivity index (χ0n) is 7.99. The molecule has 0 saturated heterocycles. The molecule has 0 amide bonds. The van der Waals surface area contributed by atoms with Crippen LogP contribution in [0.2, 0.25) is 14.8 Å². The SMILES string of the molecule is [CH3][Sn]([CH3])([CH3])[c]1c(N)cc(F)cc1Br. The average molecular weight is 353 g/mol. The van der Waals surface area contributed by atoms with E-state index in [0.29, 0.717) is 5.69 Å². The van der Waals surface area contributed by atoms with Gasteiger partial charge in [-0.05, 0) is 0 Å². The fourth-order valence-corrected chi connectivity index (χ4v) is 10.8. The van der Waals surface area contributed by atoms with Crippen LogP contribution in [-0.4, -0.2) is 18.4 Å². The number of hydrogen-bond acceptors (Lipinski definition) is 1. The average Bonchev–Trinajstić information content (AvgIpc) is 1.78. The summed E-state index contributed by atoms with van der Waals surface area (Å²) in [6.45, 7) is 0. The Morgan fingerprint density at radius 1 is 1.31 bits per heavy atom. The Morgan fingerprint density at radius 2 is 1.85 bits per heavy atom. The summed E-state index contributed by atoms with van der Waals surface area (Å²) in [5.41, 5.74) is 6.38. The van der Waals surface area contributed by atoms with Crippen molar-refractivity contribution >= 4 is 43.6 Å². The van der Waals surface area contributed by atoms with Crippen molar-refractivity contribution < 1.29 is 4.39 Å². The van der Waals surface area contributed by atoms with Crippen molar-refractivity contribution in [3.8, 4) is 0 Å². The van der Waals surface area contributed by atoms with Gasteiger partial charge in [-0.1, -0.05) is 0 Å². The molecule has 1 rings (SSSR count). The Morgan fingerprint density at radius 3 is 2.23 bits per heavy atom. The van der Waals surface area contributed by atoms with E-state index >= 15 is 0 Å². The van der Waals surface area contributed by atoms with Crippen LogP contribution in [-0.2, 0) is 0 Å². The van der Waals surface area contributed by atoms with E-state index in [4.69, 9.17) is 5.73 Å². The molecule has 0 aliphatic rings. The van der Waals surface area contributed by atoms with Gasteiger partial charge in [-0.25, -0.2) is 0 Å². The molecule has 1 aromatic rings.